The van der Waals surface area contributed by atoms with E-state index < -0.39 is 17.3 Å². The van der Waals surface area contributed by atoms with Gasteiger partial charge in [-0.3, -0.25) is 14.4 Å². The SMILES string of the molecule is CCCC(=O)Nc1ccc(C2=CC=C(F)CC#C2)n(C(=O)CNC2CCCc3ccccc32)c1=O. The lowest BCUT2D eigenvalue weighted by Crippen LogP contribution is -2.39. The first-order valence-corrected chi connectivity index (χ1v) is 11.9. The van der Waals surface area contributed by atoms with E-state index in [1.165, 1.54) is 23.8 Å². The highest BCUT2D eigenvalue weighted by atomic mass is 19.1. The van der Waals surface area contributed by atoms with E-state index in [1.807, 2.05) is 19.1 Å². The minimum atomic E-state index is -0.640. The number of aromatic nitrogens is 1. The topological polar surface area (TPSA) is 80.2 Å². The Kier molecular flexibility index (Phi) is 7.74. The Hall–Kier alpha value is -3.76. The van der Waals surface area contributed by atoms with Crippen LogP contribution in [0.5, 0.6) is 0 Å². The van der Waals surface area contributed by atoms with Crippen molar-refractivity contribution >= 4 is 23.1 Å². The van der Waals surface area contributed by atoms with Crippen molar-refractivity contribution in [2.75, 3.05) is 11.9 Å². The second-order valence-electron chi connectivity index (χ2n) is 8.66. The highest BCUT2D eigenvalue weighted by Crippen LogP contribution is 2.29. The first-order valence-electron chi connectivity index (χ1n) is 11.9. The van der Waals surface area contributed by atoms with Crippen LogP contribution < -0.4 is 16.2 Å². The third kappa shape index (κ3) is 5.67. The number of nitrogens with one attached hydrogen (secondary N) is 2. The number of aryl methyl sites for hydroxylation is 1. The molecule has 180 valence electrons. The van der Waals surface area contributed by atoms with Gasteiger partial charge in [0, 0.05) is 18.0 Å². The van der Waals surface area contributed by atoms with Crippen LogP contribution in [0.4, 0.5) is 10.1 Å². The number of carbonyl (C=O) groups excluding carboxylic acids is 2. The predicted octanol–water partition coefficient (Wildman–Crippen LogP) is 4.54. The summed E-state index contributed by atoms with van der Waals surface area (Å²) in [4.78, 5) is 38.9. The van der Waals surface area contributed by atoms with E-state index in [1.54, 1.807) is 6.07 Å². The summed E-state index contributed by atoms with van der Waals surface area (Å²) in [5, 5.41) is 5.91. The maximum atomic E-state index is 13.7. The number of hydrogen-bond acceptors (Lipinski definition) is 4. The number of nitrogens with zero attached hydrogens (tertiary/aromatic N) is 1. The van der Waals surface area contributed by atoms with Crippen molar-refractivity contribution in [2.45, 2.75) is 51.5 Å². The number of fused-ring (bicyclic) bond motifs is 1. The van der Waals surface area contributed by atoms with Gasteiger partial charge in [-0.05, 0) is 61.1 Å². The average molecular weight is 474 g/mol. The zero-order valence-corrected chi connectivity index (χ0v) is 19.7. The maximum Gasteiger partial charge on any atom is 0.281 e. The zero-order valence-electron chi connectivity index (χ0n) is 19.7. The highest BCUT2D eigenvalue weighted by molar-refractivity contribution is 5.93. The molecular formula is C28H28FN3O3. The van der Waals surface area contributed by atoms with Crippen molar-refractivity contribution in [3.05, 3.63) is 81.6 Å². The van der Waals surface area contributed by atoms with Crippen LogP contribution in [0, 0.1) is 11.8 Å². The number of pyridine rings is 1. The van der Waals surface area contributed by atoms with E-state index in [2.05, 4.69) is 34.6 Å². The summed E-state index contributed by atoms with van der Waals surface area (Å²) in [5.74, 6) is 4.40. The zero-order chi connectivity index (χ0) is 24.8. The molecule has 0 bridgehead atoms. The van der Waals surface area contributed by atoms with Crippen molar-refractivity contribution in [3.63, 3.8) is 0 Å². The molecule has 0 spiro atoms. The van der Waals surface area contributed by atoms with Crippen LogP contribution >= 0.6 is 0 Å². The predicted molar refractivity (Wildman–Crippen MR) is 135 cm³/mol. The fourth-order valence-corrected chi connectivity index (χ4v) is 4.43. The van der Waals surface area contributed by atoms with Crippen molar-refractivity contribution in [3.8, 4) is 11.8 Å². The van der Waals surface area contributed by atoms with Crippen LogP contribution in [-0.4, -0.2) is 22.9 Å². The van der Waals surface area contributed by atoms with E-state index in [0.717, 1.165) is 29.4 Å². The lowest BCUT2D eigenvalue weighted by molar-refractivity contribution is -0.116. The number of carbonyl (C=O) groups is 2. The Morgan fingerprint density at radius 1 is 1.17 bits per heavy atom. The van der Waals surface area contributed by atoms with Crippen LogP contribution in [0.2, 0.25) is 0 Å². The van der Waals surface area contributed by atoms with Gasteiger partial charge in [0.15, 0.2) is 0 Å². The van der Waals surface area contributed by atoms with Crippen LogP contribution in [0.3, 0.4) is 0 Å². The number of anilines is 1. The summed E-state index contributed by atoms with van der Waals surface area (Å²) in [5.41, 5.74) is 2.43. The summed E-state index contributed by atoms with van der Waals surface area (Å²) < 4.78 is 14.7. The molecule has 7 heteroatoms. The Morgan fingerprint density at radius 2 is 2.00 bits per heavy atom. The van der Waals surface area contributed by atoms with Gasteiger partial charge in [-0.2, -0.15) is 0 Å². The number of amides is 1. The van der Waals surface area contributed by atoms with Crippen LogP contribution in [0.25, 0.3) is 5.57 Å². The quantitative estimate of drug-likeness (QED) is 0.579. The highest BCUT2D eigenvalue weighted by Gasteiger charge is 2.23. The molecule has 6 nitrogen and oxygen atoms in total. The first-order chi connectivity index (χ1) is 17.0. The van der Waals surface area contributed by atoms with Crippen molar-refractivity contribution in [1.82, 2.24) is 9.88 Å². The van der Waals surface area contributed by atoms with E-state index in [0.29, 0.717) is 12.0 Å². The fourth-order valence-electron chi connectivity index (χ4n) is 4.43. The minimum Gasteiger partial charge on any atom is -0.321 e. The standard InChI is InChI=1S/C28H28FN3O3/c1-2-7-26(33)31-24-16-17-25(20-10-5-11-21(29)15-14-20)32(28(24)35)27(34)18-30-23-13-6-9-19-8-3-4-12-22(19)23/h3-4,8,12,14-17,23,30H,2,6-7,9,11,13,18H2,1H3,(H,31,33). The second kappa shape index (κ2) is 11.1. The number of allylic oxidation sites excluding steroid dienone is 4. The Labute approximate surface area is 203 Å². The summed E-state index contributed by atoms with van der Waals surface area (Å²) in [7, 11) is 0. The molecule has 35 heavy (non-hydrogen) atoms. The first kappa shape index (κ1) is 24.4. The summed E-state index contributed by atoms with van der Waals surface area (Å²) >= 11 is 0. The largest absolute Gasteiger partial charge is 0.321 e. The van der Waals surface area contributed by atoms with Crippen molar-refractivity contribution < 1.29 is 14.0 Å². The Balaban J connectivity index is 1.66. The monoisotopic (exact) mass is 473 g/mol. The third-order valence-electron chi connectivity index (χ3n) is 6.14. The molecule has 0 fully saturated rings. The molecule has 0 saturated heterocycles. The molecule has 1 unspecified atom stereocenters. The second-order valence-corrected chi connectivity index (χ2v) is 8.66. The smallest absolute Gasteiger partial charge is 0.281 e. The molecule has 1 atom stereocenters. The Morgan fingerprint density at radius 3 is 2.83 bits per heavy atom. The van der Waals surface area contributed by atoms with Crippen molar-refractivity contribution in [2.24, 2.45) is 0 Å². The normalized spacial score (nSPS) is 16.7. The van der Waals surface area contributed by atoms with Crippen LogP contribution in [0.15, 0.2) is 59.2 Å². The minimum absolute atomic E-state index is 0.00408. The molecule has 1 aromatic carbocycles. The van der Waals surface area contributed by atoms with E-state index in [4.69, 9.17) is 0 Å². The molecule has 2 aliphatic carbocycles. The van der Waals surface area contributed by atoms with Gasteiger partial charge in [0.1, 0.15) is 11.5 Å². The van der Waals surface area contributed by atoms with Gasteiger partial charge in [-0.1, -0.05) is 43.0 Å². The average Bonchev–Trinajstić information content (AvgIpc) is 3.08. The molecule has 0 aliphatic heterocycles. The molecule has 1 amide bonds. The van der Waals surface area contributed by atoms with Gasteiger partial charge >= 0.3 is 0 Å². The fraction of sp³-hybridized carbons (Fsp3) is 0.321. The number of hydrogen-bond donors (Lipinski definition) is 2. The molecule has 1 heterocycles. The van der Waals surface area contributed by atoms with E-state index in [9.17, 15) is 18.8 Å². The van der Waals surface area contributed by atoms with Gasteiger partial charge in [0.2, 0.25) is 11.8 Å². The maximum absolute atomic E-state index is 13.7. The molecule has 0 saturated carbocycles. The van der Waals surface area contributed by atoms with E-state index >= 15 is 0 Å². The van der Waals surface area contributed by atoms with Gasteiger partial charge < -0.3 is 10.6 Å². The molecule has 4 rings (SSSR count). The molecule has 2 aromatic rings. The van der Waals surface area contributed by atoms with Crippen LogP contribution in [-0.2, 0) is 11.2 Å². The summed E-state index contributed by atoms with van der Waals surface area (Å²) in [6.07, 6.45) is 6.49. The number of rotatable bonds is 7. The molecular weight excluding hydrogens is 445 g/mol. The van der Waals surface area contributed by atoms with Gasteiger partial charge in [-0.15, -0.1) is 0 Å². The summed E-state index contributed by atoms with van der Waals surface area (Å²) in [6.45, 7) is 1.78. The molecule has 2 N–H and O–H groups in total. The Bertz CT molecular complexity index is 1330. The summed E-state index contributed by atoms with van der Waals surface area (Å²) in [6, 6.07) is 11.2. The van der Waals surface area contributed by atoms with Crippen LogP contribution in [0.1, 0.15) is 66.7 Å². The molecule has 2 aliphatic rings. The molecule has 0 radical (unpaired) electrons. The van der Waals surface area contributed by atoms with Gasteiger partial charge in [-0.25, -0.2) is 8.96 Å². The lowest BCUT2D eigenvalue weighted by Gasteiger charge is -2.26. The van der Waals surface area contributed by atoms with E-state index in [-0.39, 0.29) is 42.7 Å². The third-order valence-corrected chi connectivity index (χ3v) is 6.14. The van der Waals surface area contributed by atoms with Gasteiger partial charge in [0.25, 0.3) is 5.56 Å². The number of halogens is 1. The lowest BCUT2D eigenvalue weighted by atomic mass is 9.88. The number of benzene rings is 1. The van der Waals surface area contributed by atoms with Crippen molar-refractivity contribution in [1.29, 1.82) is 0 Å². The molecule has 1 aromatic heterocycles. The van der Waals surface area contributed by atoms with Gasteiger partial charge in [0.05, 0.1) is 18.7 Å².